The van der Waals surface area contributed by atoms with Gasteiger partial charge in [0.25, 0.3) is 0 Å². The van der Waals surface area contributed by atoms with E-state index in [9.17, 15) is 4.79 Å². The molecular weight excluding hydrogens is 111 g/mol. The molecule has 0 unspecified atom stereocenters. The number of hydrogen-bond acceptors (Lipinski definition) is 1. The molecule has 0 aromatic rings. The molecule has 0 aromatic carbocycles. The van der Waals surface area contributed by atoms with Gasteiger partial charge in [-0.15, -0.1) is 0 Å². The predicted molar refractivity (Wildman–Crippen MR) is 39.6 cm³/mol. The number of ketones is 1. The van der Waals surface area contributed by atoms with Gasteiger partial charge in [0.05, 0.1) is 7.85 Å². The number of allylic oxidation sites excluding steroid dienone is 2. The highest BCUT2D eigenvalue weighted by Gasteiger charge is 1.92. The van der Waals surface area contributed by atoms with E-state index < -0.39 is 0 Å². The Balaban J connectivity index is 3.63. The Morgan fingerprint density at radius 3 is 2.44 bits per heavy atom. The van der Waals surface area contributed by atoms with Crippen LogP contribution in [0.1, 0.15) is 20.3 Å². The average molecular weight is 122 g/mol. The molecule has 0 aliphatic carbocycles. The molecule has 0 atom stereocenters. The first-order chi connectivity index (χ1) is 4.16. The maximum absolute atomic E-state index is 10.7. The van der Waals surface area contributed by atoms with Gasteiger partial charge in [0.1, 0.15) is 0 Å². The molecule has 0 aromatic heterocycles. The zero-order valence-corrected chi connectivity index (χ0v) is 5.98. The molecule has 0 aliphatic heterocycles. The lowest BCUT2D eigenvalue weighted by atomic mass is 9.99. The molecule has 0 aliphatic rings. The summed E-state index contributed by atoms with van der Waals surface area (Å²) in [5.74, 6) is 0.123. The lowest BCUT2D eigenvalue weighted by Gasteiger charge is -1.89. The molecule has 2 radical (unpaired) electrons. The molecule has 9 heavy (non-hydrogen) atoms. The minimum atomic E-state index is 0.123. The summed E-state index contributed by atoms with van der Waals surface area (Å²) < 4.78 is 0. The summed E-state index contributed by atoms with van der Waals surface area (Å²) in [7, 11) is 5.16. The Labute approximate surface area is 57.6 Å². The Morgan fingerprint density at radius 2 is 2.11 bits per heavy atom. The van der Waals surface area contributed by atoms with Gasteiger partial charge in [-0.05, 0) is 19.9 Å². The smallest absolute Gasteiger partial charge is 0.154 e. The van der Waals surface area contributed by atoms with Crippen molar-refractivity contribution in [2.75, 3.05) is 0 Å². The van der Waals surface area contributed by atoms with E-state index in [0.717, 1.165) is 5.57 Å². The molecule has 0 rings (SSSR count). The summed E-state index contributed by atoms with van der Waals surface area (Å²) in [5.41, 5.74) is 1.04. The van der Waals surface area contributed by atoms with Gasteiger partial charge in [0.15, 0.2) is 5.78 Å². The Kier molecular flexibility index (Phi) is 4.11. The predicted octanol–water partition coefficient (Wildman–Crippen LogP) is 1.50. The summed E-state index contributed by atoms with van der Waals surface area (Å²) in [6.45, 7) is 3.79. The molecule has 2 heteroatoms. The van der Waals surface area contributed by atoms with Crippen molar-refractivity contribution in [2.45, 2.75) is 26.6 Å². The van der Waals surface area contributed by atoms with Crippen LogP contribution in [0.15, 0.2) is 11.6 Å². The minimum Gasteiger partial charge on any atom is -0.295 e. The van der Waals surface area contributed by atoms with Gasteiger partial charge < -0.3 is 0 Å². The number of carbonyl (C=O) groups excluding carboxylic acids is 1. The van der Waals surface area contributed by atoms with Crippen molar-refractivity contribution < 1.29 is 4.79 Å². The van der Waals surface area contributed by atoms with E-state index in [1.807, 2.05) is 13.8 Å². The quantitative estimate of drug-likeness (QED) is 0.409. The van der Waals surface area contributed by atoms with Crippen molar-refractivity contribution in [1.29, 1.82) is 0 Å². The van der Waals surface area contributed by atoms with Crippen LogP contribution in [0.4, 0.5) is 0 Å². The lowest BCUT2D eigenvalue weighted by molar-refractivity contribution is -0.114. The van der Waals surface area contributed by atoms with E-state index in [0.29, 0.717) is 12.7 Å². The van der Waals surface area contributed by atoms with Crippen molar-refractivity contribution in [1.82, 2.24) is 0 Å². The van der Waals surface area contributed by atoms with Crippen LogP contribution >= 0.6 is 0 Å². The van der Waals surface area contributed by atoms with Crippen LogP contribution in [0.3, 0.4) is 0 Å². The van der Waals surface area contributed by atoms with E-state index in [-0.39, 0.29) is 5.78 Å². The highest BCUT2D eigenvalue weighted by Crippen LogP contribution is 1.94. The Hall–Kier alpha value is -0.525. The van der Waals surface area contributed by atoms with E-state index in [2.05, 4.69) is 0 Å². The van der Waals surface area contributed by atoms with Crippen molar-refractivity contribution in [3.63, 3.8) is 0 Å². The summed E-state index contributed by atoms with van der Waals surface area (Å²) in [6.07, 6.45) is 2.53. The van der Waals surface area contributed by atoms with Crippen LogP contribution in [0.25, 0.3) is 0 Å². The maximum atomic E-state index is 10.7. The second kappa shape index (κ2) is 4.36. The van der Waals surface area contributed by atoms with Crippen molar-refractivity contribution in [2.24, 2.45) is 0 Å². The van der Waals surface area contributed by atoms with E-state index in [1.54, 1.807) is 6.08 Å². The van der Waals surface area contributed by atoms with Crippen LogP contribution in [0, 0.1) is 0 Å². The molecule has 1 nitrogen and oxygen atoms in total. The minimum absolute atomic E-state index is 0.123. The normalized spacial score (nSPS) is 8.67. The van der Waals surface area contributed by atoms with Crippen molar-refractivity contribution in [3.05, 3.63) is 11.6 Å². The third-order valence-corrected chi connectivity index (χ3v) is 0.840. The van der Waals surface area contributed by atoms with Gasteiger partial charge in [-0.3, -0.25) is 4.79 Å². The second-order valence-corrected chi connectivity index (χ2v) is 2.23. The summed E-state index contributed by atoms with van der Waals surface area (Å²) in [5, 5.41) is 0. The third kappa shape index (κ3) is 5.34. The largest absolute Gasteiger partial charge is 0.295 e. The summed E-state index contributed by atoms with van der Waals surface area (Å²) in [6, 6.07) is 0. The van der Waals surface area contributed by atoms with Crippen LogP contribution < -0.4 is 0 Å². The highest BCUT2D eigenvalue weighted by atomic mass is 16.1. The number of hydrogen-bond donors (Lipinski definition) is 0. The zero-order chi connectivity index (χ0) is 7.28. The Bertz CT molecular complexity index is 123. The van der Waals surface area contributed by atoms with Gasteiger partial charge in [0.2, 0.25) is 0 Å². The molecule has 0 amide bonds. The maximum Gasteiger partial charge on any atom is 0.154 e. The number of rotatable bonds is 3. The summed E-state index contributed by atoms with van der Waals surface area (Å²) in [4.78, 5) is 10.7. The zero-order valence-electron chi connectivity index (χ0n) is 5.98. The SMILES string of the molecule is [B]CCC(=O)C=C(C)C. The fourth-order valence-electron chi connectivity index (χ4n) is 0.536. The Morgan fingerprint density at radius 1 is 1.56 bits per heavy atom. The number of carbonyl (C=O) groups is 1. The van der Waals surface area contributed by atoms with E-state index in [4.69, 9.17) is 7.85 Å². The van der Waals surface area contributed by atoms with Crippen LogP contribution in [-0.4, -0.2) is 13.6 Å². The molecule has 0 heterocycles. The van der Waals surface area contributed by atoms with Crippen LogP contribution in [0.5, 0.6) is 0 Å². The molecule has 0 saturated carbocycles. The lowest BCUT2D eigenvalue weighted by Crippen LogP contribution is -1.91. The second-order valence-electron chi connectivity index (χ2n) is 2.23. The van der Waals surface area contributed by atoms with Gasteiger partial charge >= 0.3 is 0 Å². The fourth-order valence-corrected chi connectivity index (χ4v) is 0.536. The molecule has 0 N–H and O–H groups in total. The van der Waals surface area contributed by atoms with Crippen molar-refractivity contribution in [3.8, 4) is 0 Å². The highest BCUT2D eigenvalue weighted by molar-refractivity contribution is 6.10. The first-order valence-electron chi connectivity index (χ1n) is 3.04. The average Bonchev–Trinajstić information content (AvgIpc) is 1.63. The molecule has 0 saturated heterocycles. The fraction of sp³-hybridized carbons (Fsp3) is 0.571. The molecular formula is C7H11BO. The molecule has 0 bridgehead atoms. The van der Waals surface area contributed by atoms with Gasteiger partial charge in [-0.1, -0.05) is 11.9 Å². The standard InChI is InChI=1S/C7H11BO/c1-6(2)5-7(9)3-4-8/h5H,3-4H2,1-2H3. The van der Waals surface area contributed by atoms with Gasteiger partial charge in [-0.25, -0.2) is 0 Å². The first kappa shape index (κ1) is 8.47. The molecule has 0 spiro atoms. The van der Waals surface area contributed by atoms with Crippen molar-refractivity contribution >= 4 is 13.6 Å². The van der Waals surface area contributed by atoms with E-state index in [1.165, 1.54) is 0 Å². The van der Waals surface area contributed by atoms with Gasteiger partial charge in [0, 0.05) is 6.42 Å². The van der Waals surface area contributed by atoms with Gasteiger partial charge in [-0.2, -0.15) is 0 Å². The monoisotopic (exact) mass is 122 g/mol. The first-order valence-corrected chi connectivity index (χ1v) is 3.04. The molecule has 48 valence electrons. The summed E-state index contributed by atoms with van der Waals surface area (Å²) >= 11 is 0. The topological polar surface area (TPSA) is 17.1 Å². The van der Waals surface area contributed by atoms with Crippen LogP contribution in [0.2, 0.25) is 6.32 Å². The third-order valence-electron chi connectivity index (χ3n) is 0.840. The van der Waals surface area contributed by atoms with Crippen LogP contribution in [-0.2, 0) is 4.79 Å². The van der Waals surface area contributed by atoms with E-state index >= 15 is 0 Å². The molecule has 0 fully saturated rings.